The molecular formula is C16H25BrO. The van der Waals surface area contributed by atoms with E-state index in [1.807, 2.05) is 24.3 Å². The van der Waals surface area contributed by atoms with Crippen molar-refractivity contribution in [3.05, 3.63) is 34.3 Å². The van der Waals surface area contributed by atoms with Gasteiger partial charge in [-0.25, -0.2) is 0 Å². The molecule has 1 atom stereocenters. The lowest BCUT2D eigenvalue weighted by Gasteiger charge is -2.12. The molecule has 1 nitrogen and oxygen atoms in total. The molecule has 0 heterocycles. The molecule has 18 heavy (non-hydrogen) atoms. The molecule has 1 aromatic rings. The molecule has 0 fully saturated rings. The van der Waals surface area contributed by atoms with E-state index in [-0.39, 0.29) is 6.10 Å². The van der Waals surface area contributed by atoms with Gasteiger partial charge in [-0.3, -0.25) is 0 Å². The Hall–Kier alpha value is -0.340. The summed E-state index contributed by atoms with van der Waals surface area (Å²) in [6, 6.07) is 7.95. The molecule has 1 aromatic carbocycles. The van der Waals surface area contributed by atoms with Crippen LogP contribution in [0.2, 0.25) is 0 Å². The van der Waals surface area contributed by atoms with E-state index in [4.69, 9.17) is 0 Å². The van der Waals surface area contributed by atoms with Crippen LogP contribution in [0.1, 0.15) is 70.0 Å². The summed E-state index contributed by atoms with van der Waals surface area (Å²) in [7, 11) is 0. The number of aliphatic hydroxyl groups is 1. The van der Waals surface area contributed by atoms with E-state index >= 15 is 0 Å². The van der Waals surface area contributed by atoms with Crippen LogP contribution in [-0.2, 0) is 0 Å². The molecule has 1 unspecified atom stereocenters. The predicted octanol–water partition coefficient (Wildman–Crippen LogP) is 5.62. The number of unbranched alkanes of at least 4 members (excludes halogenated alkanes) is 6. The molecule has 0 saturated carbocycles. The first-order valence-electron chi connectivity index (χ1n) is 7.18. The summed E-state index contributed by atoms with van der Waals surface area (Å²) < 4.78 is 1.01. The summed E-state index contributed by atoms with van der Waals surface area (Å²) in [4.78, 5) is 0. The van der Waals surface area contributed by atoms with E-state index in [1.54, 1.807) is 0 Å². The third-order valence-corrected chi connectivity index (χ3v) is 4.07. The zero-order valence-corrected chi connectivity index (χ0v) is 13.0. The Balaban J connectivity index is 2.14. The largest absolute Gasteiger partial charge is 0.388 e. The van der Waals surface area contributed by atoms with Crippen LogP contribution in [0, 0.1) is 0 Å². The van der Waals surface area contributed by atoms with Crippen molar-refractivity contribution in [2.24, 2.45) is 0 Å². The summed E-state index contributed by atoms with van der Waals surface area (Å²) in [5.41, 5.74) is 1.02. The maximum absolute atomic E-state index is 10.1. The molecule has 0 saturated heterocycles. The van der Waals surface area contributed by atoms with Gasteiger partial charge in [0.1, 0.15) is 0 Å². The van der Waals surface area contributed by atoms with Gasteiger partial charge in [-0.15, -0.1) is 0 Å². The topological polar surface area (TPSA) is 20.2 Å². The number of aliphatic hydroxyl groups excluding tert-OH is 1. The minimum atomic E-state index is -0.323. The summed E-state index contributed by atoms with van der Waals surface area (Å²) in [6.07, 6.45) is 9.60. The molecule has 0 aromatic heterocycles. The van der Waals surface area contributed by atoms with Crippen molar-refractivity contribution in [1.29, 1.82) is 0 Å². The van der Waals surface area contributed by atoms with Crippen LogP contribution in [0.25, 0.3) is 0 Å². The van der Waals surface area contributed by atoms with Gasteiger partial charge >= 0.3 is 0 Å². The third kappa shape index (κ3) is 6.01. The smallest absolute Gasteiger partial charge is 0.0800 e. The van der Waals surface area contributed by atoms with E-state index in [9.17, 15) is 5.11 Å². The predicted molar refractivity (Wildman–Crippen MR) is 81.7 cm³/mol. The van der Waals surface area contributed by atoms with Gasteiger partial charge in [0.25, 0.3) is 0 Å². The van der Waals surface area contributed by atoms with Gasteiger partial charge in [-0.2, -0.15) is 0 Å². The number of hydrogen-bond donors (Lipinski definition) is 1. The highest BCUT2D eigenvalue weighted by atomic mass is 79.9. The lowest BCUT2D eigenvalue weighted by atomic mass is 10.0. The molecule has 0 spiro atoms. The number of hydrogen-bond acceptors (Lipinski definition) is 1. The summed E-state index contributed by atoms with van der Waals surface area (Å²) in [6.45, 7) is 2.24. The van der Waals surface area contributed by atoms with Crippen LogP contribution >= 0.6 is 15.9 Å². The zero-order valence-electron chi connectivity index (χ0n) is 11.4. The molecule has 0 aliphatic carbocycles. The quantitative estimate of drug-likeness (QED) is 0.586. The van der Waals surface area contributed by atoms with E-state index in [0.29, 0.717) is 0 Å². The van der Waals surface area contributed by atoms with Crippen LogP contribution in [0.15, 0.2) is 28.7 Å². The fraction of sp³-hybridized carbons (Fsp3) is 0.625. The Bertz CT molecular complexity index is 325. The lowest BCUT2D eigenvalue weighted by molar-refractivity contribution is 0.162. The second kappa shape index (κ2) is 9.57. The minimum Gasteiger partial charge on any atom is -0.388 e. The highest BCUT2D eigenvalue weighted by molar-refractivity contribution is 9.10. The molecule has 0 amide bonds. The average molecular weight is 313 g/mol. The van der Waals surface area contributed by atoms with Crippen LogP contribution in [0.5, 0.6) is 0 Å². The van der Waals surface area contributed by atoms with Gasteiger partial charge in [0.05, 0.1) is 6.10 Å². The SMILES string of the molecule is CCCCCCCCCC(O)c1ccccc1Br. The van der Waals surface area contributed by atoms with Crippen molar-refractivity contribution in [2.75, 3.05) is 0 Å². The molecule has 0 radical (unpaired) electrons. The first kappa shape index (κ1) is 15.7. The van der Waals surface area contributed by atoms with Crippen LogP contribution in [0.3, 0.4) is 0 Å². The minimum absolute atomic E-state index is 0.323. The van der Waals surface area contributed by atoms with Crippen LogP contribution < -0.4 is 0 Å². The summed E-state index contributed by atoms with van der Waals surface area (Å²) in [5.74, 6) is 0. The monoisotopic (exact) mass is 312 g/mol. The van der Waals surface area contributed by atoms with Gasteiger partial charge in [-0.1, -0.05) is 86.0 Å². The molecular weight excluding hydrogens is 288 g/mol. The second-order valence-corrected chi connectivity index (χ2v) is 5.80. The highest BCUT2D eigenvalue weighted by Gasteiger charge is 2.09. The van der Waals surface area contributed by atoms with Gasteiger partial charge in [0.15, 0.2) is 0 Å². The standard InChI is InChI=1S/C16H25BrO/c1-2-3-4-5-6-7-8-13-16(18)14-11-9-10-12-15(14)17/h9-12,16,18H,2-8,13H2,1H3. The molecule has 102 valence electrons. The normalized spacial score (nSPS) is 12.6. The van der Waals surface area contributed by atoms with Crippen molar-refractivity contribution in [1.82, 2.24) is 0 Å². The Morgan fingerprint density at radius 1 is 1.00 bits per heavy atom. The second-order valence-electron chi connectivity index (χ2n) is 4.95. The Labute approximate surface area is 120 Å². The van der Waals surface area contributed by atoms with Crippen LogP contribution in [-0.4, -0.2) is 5.11 Å². The van der Waals surface area contributed by atoms with E-state index in [1.165, 1.54) is 38.5 Å². The van der Waals surface area contributed by atoms with Gasteiger partial charge in [0, 0.05) is 4.47 Å². The highest BCUT2D eigenvalue weighted by Crippen LogP contribution is 2.26. The Morgan fingerprint density at radius 3 is 2.28 bits per heavy atom. The molecule has 0 aliphatic rings. The summed E-state index contributed by atoms with van der Waals surface area (Å²) in [5, 5.41) is 10.1. The maximum atomic E-state index is 10.1. The Kier molecular flexibility index (Phi) is 8.36. The van der Waals surface area contributed by atoms with Crippen LogP contribution in [0.4, 0.5) is 0 Å². The fourth-order valence-corrected chi connectivity index (χ4v) is 2.74. The summed E-state index contributed by atoms with van der Waals surface area (Å²) >= 11 is 3.49. The molecule has 2 heteroatoms. The molecule has 0 aliphatic heterocycles. The van der Waals surface area contributed by atoms with Gasteiger partial charge in [0.2, 0.25) is 0 Å². The zero-order chi connectivity index (χ0) is 13.2. The number of benzene rings is 1. The van der Waals surface area contributed by atoms with E-state index in [2.05, 4.69) is 22.9 Å². The first-order valence-corrected chi connectivity index (χ1v) is 7.97. The maximum Gasteiger partial charge on any atom is 0.0800 e. The molecule has 0 bridgehead atoms. The Morgan fingerprint density at radius 2 is 1.61 bits per heavy atom. The molecule has 1 rings (SSSR count). The van der Waals surface area contributed by atoms with Gasteiger partial charge < -0.3 is 5.11 Å². The third-order valence-electron chi connectivity index (χ3n) is 3.35. The lowest BCUT2D eigenvalue weighted by Crippen LogP contribution is -1.98. The van der Waals surface area contributed by atoms with E-state index in [0.717, 1.165) is 22.9 Å². The fourth-order valence-electron chi connectivity index (χ4n) is 2.20. The molecule has 1 N–H and O–H groups in total. The number of halogens is 1. The van der Waals surface area contributed by atoms with Crippen molar-refractivity contribution in [3.63, 3.8) is 0 Å². The van der Waals surface area contributed by atoms with Crippen molar-refractivity contribution in [2.45, 2.75) is 64.4 Å². The first-order chi connectivity index (χ1) is 8.75. The number of rotatable bonds is 9. The van der Waals surface area contributed by atoms with Crippen molar-refractivity contribution in [3.8, 4) is 0 Å². The van der Waals surface area contributed by atoms with E-state index < -0.39 is 0 Å². The van der Waals surface area contributed by atoms with Crippen molar-refractivity contribution < 1.29 is 5.11 Å². The average Bonchev–Trinajstić information content (AvgIpc) is 2.38. The van der Waals surface area contributed by atoms with Gasteiger partial charge in [-0.05, 0) is 18.1 Å². The van der Waals surface area contributed by atoms with Crippen molar-refractivity contribution >= 4 is 15.9 Å².